The van der Waals surface area contributed by atoms with Gasteiger partial charge in [-0.1, -0.05) is 48.0 Å². The van der Waals surface area contributed by atoms with Gasteiger partial charge in [-0.3, -0.25) is 4.79 Å². The van der Waals surface area contributed by atoms with E-state index in [1.54, 1.807) is 24.1 Å². The summed E-state index contributed by atoms with van der Waals surface area (Å²) in [6.07, 6.45) is 0. The predicted molar refractivity (Wildman–Crippen MR) is 132 cm³/mol. The molecule has 0 bridgehead atoms. The van der Waals surface area contributed by atoms with E-state index in [0.717, 1.165) is 11.1 Å². The largest absolute Gasteiger partial charge is 0.486 e. The van der Waals surface area contributed by atoms with Crippen LogP contribution in [0.2, 0.25) is 5.02 Å². The van der Waals surface area contributed by atoms with Crippen LogP contribution in [-0.2, 0) is 11.3 Å². The van der Waals surface area contributed by atoms with Crippen molar-refractivity contribution in [1.29, 1.82) is 0 Å². The molecule has 5 rings (SSSR count). The van der Waals surface area contributed by atoms with Crippen LogP contribution in [0, 0.1) is 0 Å². The Bertz CT molecular complexity index is 1450. The minimum Gasteiger partial charge on any atom is -0.486 e. The Morgan fingerprint density at radius 3 is 2.57 bits per heavy atom. The zero-order valence-corrected chi connectivity index (χ0v) is 19.7. The quantitative estimate of drug-likeness (QED) is 0.356. The first-order valence-electron chi connectivity index (χ1n) is 11.1. The second kappa shape index (κ2) is 9.72. The number of carbonyl (C=O) groups is 1. The van der Waals surface area contributed by atoms with E-state index in [9.17, 15) is 9.59 Å². The standard InChI is InChI=1S/C27H22ClNO6/c1-29(15-17-7-8-22-25(11-17)33-10-9-32-22)26(30)16-34-24-14-23-20(12-21(24)28)19(13-27(31)35-23)18-5-3-2-4-6-18/h2-8,11-14H,9-10,15-16H2,1H3. The molecule has 2 heterocycles. The minimum absolute atomic E-state index is 0.227. The van der Waals surface area contributed by atoms with Crippen molar-refractivity contribution >= 4 is 28.5 Å². The van der Waals surface area contributed by atoms with Gasteiger partial charge in [0.15, 0.2) is 18.1 Å². The molecule has 3 aromatic carbocycles. The number of likely N-dealkylation sites (N-methyl/N-ethyl adjacent to an activating group) is 1. The fourth-order valence-electron chi connectivity index (χ4n) is 3.93. The molecule has 1 aromatic heterocycles. The lowest BCUT2D eigenvalue weighted by atomic mass is 10.0. The van der Waals surface area contributed by atoms with E-state index in [0.29, 0.717) is 52.8 Å². The summed E-state index contributed by atoms with van der Waals surface area (Å²) >= 11 is 6.47. The van der Waals surface area contributed by atoms with E-state index in [1.165, 1.54) is 6.07 Å². The fourth-order valence-corrected chi connectivity index (χ4v) is 4.15. The van der Waals surface area contributed by atoms with Gasteiger partial charge in [0.2, 0.25) is 0 Å². The van der Waals surface area contributed by atoms with Crippen LogP contribution in [0.1, 0.15) is 5.56 Å². The molecule has 178 valence electrons. The number of hydrogen-bond acceptors (Lipinski definition) is 6. The molecule has 1 aliphatic heterocycles. The lowest BCUT2D eigenvalue weighted by molar-refractivity contribution is -0.132. The Morgan fingerprint density at radius 1 is 1.00 bits per heavy atom. The highest BCUT2D eigenvalue weighted by atomic mass is 35.5. The van der Waals surface area contributed by atoms with Crippen molar-refractivity contribution < 1.29 is 23.4 Å². The molecule has 4 aromatic rings. The Labute approximate surface area is 206 Å². The first-order valence-corrected chi connectivity index (χ1v) is 11.4. The van der Waals surface area contributed by atoms with E-state index in [-0.39, 0.29) is 18.3 Å². The van der Waals surface area contributed by atoms with E-state index in [2.05, 4.69) is 0 Å². The number of carbonyl (C=O) groups excluding carboxylic acids is 1. The van der Waals surface area contributed by atoms with Crippen LogP contribution in [0.15, 0.2) is 75.9 Å². The van der Waals surface area contributed by atoms with Crippen molar-refractivity contribution in [3.05, 3.63) is 87.7 Å². The van der Waals surface area contributed by atoms with Gasteiger partial charge in [-0.05, 0) is 34.9 Å². The molecule has 0 fully saturated rings. The van der Waals surface area contributed by atoms with Gasteiger partial charge >= 0.3 is 5.63 Å². The van der Waals surface area contributed by atoms with E-state index in [4.69, 9.17) is 30.2 Å². The zero-order valence-electron chi connectivity index (χ0n) is 19.0. The number of amides is 1. The molecule has 0 saturated carbocycles. The summed E-state index contributed by atoms with van der Waals surface area (Å²) in [7, 11) is 1.69. The van der Waals surface area contributed by atoms with Crippen molar-refractivity contribution in [3.8, 4) is 28.4 Å². The third-order valence-corrected chi connectivity index (χ3v) is 5.98. The summed E-state index contributed by atoms with van der Waals surface area (Å²) < 4.78 is 22.2. The average Bonchev–Trinajstić information content (AvgIpc) is 2.87. The van der Waals surface area contributed by atoms with Crippen LogP contribution in [0.4, 0.5) is 0 Å². The molecule has 0 unspecified atom stereocenters. The maximum Gasteiger partial charge on any atom is 0.336 e. The first-order chi connectivity index (χ1) is 17.0. The third-order valence-electron chi connectivity index (χ3n) is 5.69. The highest BCUT2D eigenvalue weighted by Crippen LogP contribution is 2.35. The summed E-state index contributed by atoms with van der Waals surface area (Å²) in [5, 5.41) is 0.987. The van der Waals surface area contributed by atoms with Crippen LogP contribution in [0.5, 0.6) is 17.2 Å². The molecule has 35 heavy (non-hydrogen) atoms. The number of benzene rings is 3. The summed E-state index contributed by atoms with van der Waals surface area (Å²) in [5.74, 6) is 1.39. The molecule has 0 spiro atoms. The van der Waals surface area contributed by atoms with Gasteiger partial charge in [0, 0.05) is 31.1 Å². The molecule has 0 atom stereocenters. The van der Waals surface area contributed by atoms with E-state index in [1.807, 2.05) is 48.5 Å². The Hall–Kier alpha value is -3.97. The Morgan fingerprint density at radius 2 is 1.77 bits per heavy atom. The summed E-state index contributed by atoms with van der Waals surface area (Å²) in [6, 6.07) is 19.7. The Kier molecular flexibility index (Phi) is 6.33. The van der Waals surface area contributed by atoms with Crippen LogP contribution in [-0.4, -0.2) is 37.7 Å². The van der Waals surface area contributed by atoms with Gasteiger partial charge in [0.05, 0.1) is 5.02 Å². The minimum atomic E-state index is -0.486. The van der Waals surface area contributed by atoms with Crippen molar-refractivity contribution in [2.24, 2.45) is 0 Å². The SMILES string of the molecule is CN(Cc1ccc2c(c1)OCCO2)C(=O)COc1cc2oc(=O)cc(-c3ccccc3)c2cc1Cl. The number of nitrogens with zero attached hydrogens (tertiary/aromatic N) is 1. The van der Waals surface area contributed by atoms with Crippen LogP contribution in [0.3, 0.4) is 0 Å². The molecule has 0 radical (unpaired) electrons. The molecule has 1 aliphatic rings. The normalized spacial score (nSPS) is 12.4. The van der Waals surface area contributed by atoms with Crippen molar-refractivity contribution in [1.82, 2.24) is 4.90 Å². The van der Waals surface area contributed by atoms with Crippen LogP contribution >= 0.6 is 11.6 Å². The predicted octanol–water partition coefficient (Wildman–Crippen LogP) is 4.92. The maximum absolute atomic E-state index is 12.7. The molecule has 0 aliphatic carbocycles. The van der Waals surface area contributed by atoms with Crippen molar-refractivity contribution in [2.75, 3.05) is 26.9 Å². The number of fused-ring (bicyclic) bond motifs is 2. The van der Waals surface area contributed by atoms with Gasteiger partial charge in [-0.2, -0.15) is 0 Å². The maximum atomic E-state index is 12.7. The van der Waals surface area contributed by atoms with Crippen molar-refractivity contribution in [3.63, 3.8) is 0 Å². The topological polar surface area (TPSA) is 78.2 Å². The lowest BCUT2D eigenvalue weighted by Crippen LogP contribution is -2.31. The average molecular weight is 492 g/mol. The smallest absolute Gasteiger partial charge is 0.336 e. The second-order valence-electron chi connectivity index (χ2n) is 8.14. The van der Waals surface area contributed by atoms with Gasteiger partial charge in [-0.25, -0.2) is 4.79 Å². The zero-order chi connectivity index (χ0) is 24.4. The van der Waals surface area contributed by atoms with E-state index < -0.39 is 5.63 Å². The fraction of sp³-hybridized carbons (Fsp3) is 0.185. The number of hydrogen-bond donors (Lipinski definition) is 0. The van der Waals surface area contributed by atoms with Gasteiger partial charge in [0.25, 0.3) is 5.91 Å². The molecular weight excluding hydrogens is 470 g/mol. The lowest BCUT2D eigenvalue weighted by Gasteiger charge is -2.21. The first kappa shape index (κ1) is 22.8. The monoisotopic (exact) mass is 491 g/mol. The third kappa shape index (κ3) is 4.95. The van der Waals surface area contributed by atoms with Crippen molar-refractivity contribution in [2.45, 2.75) is 6.54 Å². The molecule has 0 N–H and O–H groups in total. The summed E-state index contributed by atoms with van der Waals surface area (Å²) in [6.45, 7) is 1.17. The number of rotatable bonds is 6. The van der Waals surface area contributed by atoms with Crippen LogP contribution in [0.25, 0.3) is 22.1 Å². The second-order valence-corrected chi connectivity index (χ2v) is 8.55. The number of ether oxygens (including phenoxy) is 3. The van der Waals surface area contributed by atoms with Gasteiger partial charge in [-0.15, -0.1) is 0 Å². The molecular formula is C27H22ClNO6. The molecule has 0 saturated heterocycles. The molecule has 8 heteroatoms. The summed E-state index contributed by atoms with van der Waals surface area (Å²) in [5.41, 5.74) is 2.32. The number of halogens is 1. The van der Waals surface area contributed by atoms with Gasteiger partial charge in [0.1, 0.15) is 24.5 Å². The summed E-state index contributed by atoms with van der Waals surface area (Å²) in [4.78, 5) is 26.4. The molecule has 1 amide bonds. The highest BCUT2D eigenvalue weighted by Gasteiger charge is 2.17. The van der Waals surface area contributed by atoms with Crippen LogP contribution < -0.4 is 19.8 Å². The Balaban J connectivity index is 1.31. The molecule has 7 nitrogen and oxygen atoms in total. The van der Waals surface area contributed by atoms with Gasteiger partial charge < -0.3 is 23.5 Å². The van der Waals surface area contributed by atoms with E-state index >= 15 is 0 Å². The highest BCUT2D eigenvalue weighted by molar-refractivity contribution is 6.33.